The molecule has 101 valence electrons. The van der Waals surface area contributed by atoms with Crippen molar-refractivity contribution in [1.82, 2.24) is 0 Å². The Bertz CT molecular complexity index is 666. The van der Waals surface area contributed by atoms with Gasteiger partial charge in [-0.3, -0.25) is 0 Å². The molecule has 1 aliphatic rings. The van der Waals surface area contributed by atoms with Crippen molar-refractivity contribution in [2.24, 2.45) is 0 Å². The Balaban J connectivity index is 2.12. The zero-order valence-corrected chi connectivity index (χ0v) is 14.3. The minimum atomic E-state index is 0.607. The van der Waals surface area contributed by atoms with Crippen LogP contribution in [-0.2, 0) is 26.9 Å². The Hall–Kier alpha value is -0.846. The number of fused-ring (bicyclic) bond motifs is 3. The monoisotopic (exact) mass is 297 g/mol. The van der Waals surface area contributed by atoms with Crippen molar-refractivity contribution in [3.05, 3.63) is 52.6 Å². The van der Waals surface area contributed by atoms with E-state index in [1.807, 2.05) is 0 Å². The summed E-state index contributed by atoms with van der Waals surface area (Å²) in [6.07, 6.45) is 1.11. The van der Waals surface area contributed by atoms with Crippen LogP contribution in [0.2, 0.25) is 0 Å². The molecule has 0 unspecified atom stereocenters. The van der Waals surface area contributed by atoms with Crippen molar-refractivity contribution in [3.8, 4) is 11.1 Å². The maximum absolute atomic E-state index is 2.41. The first-order valence-corrected chi connectivity index (χ1v) is 8.27. The van der Waals surface area contributed by atoms with Gasteiger partial charge in [-0.1, -0.05) is 0 Å². The van der Waals surface area contributed by atoms with Crippen molar-refractivity contribution in [2.75, 3.05) is 0 Å². The van der Waals surface area contributed by atoms with E-state index in [4.69, 9.17) is 0 Å². The van der Waals surface area contributed by atoms with E-state index < -0.39 is 0 Å². The first-order chi connectivity index (χ1) is 9.49. The molecule has 0 aromatic heterocycles. The van der Waals surface area contributed by atoms with Gasteiger partial charge in [-0.05, 0) is 0 Å². The van der Waals surface area contributed by atoms with Crippen molar-refractivity contribution in [2.45, 2.75) is 46.0 Å². The quantitative estimate of drug-likeness (QED) is 0.603. The van der Waals surface area contributed by atoms with E-state index in [-0.39, 0.29) is 0 Å². The number of benzene rings is 2. The van der Waals surface area contributed by atoms with E-state index in [9.17, 15) is 0 Å². The first-order valence-electron chi connectivity index (χ1n) is 7.49. The Morgan fingerprint density at radius 2 is 1.60 bits per heavy atom. The van der Waals surface area contributed by atoms with E-state index in [2.05, 4.69) is 78.5 Å². The standard InChI is InChI=1S/C19H21.Ti/c1-12(2)14-5-7-18-16(9-14)11-17-10-15(13(3)4)6-8-19(17)18;/h5-9,12-13H,11H2,1-4H3;. The van der Waals surface area contributed by atoms with Gasteiger partial charge in [0.2, 0.25) is 0 Å². The number of hydrogen-bond donors (Lipinski definition) is 0. The molecule has 0 amide bonds. The molecule has 0 radical (unpaired) electrons. The van der Waals surface area contributed by atoms with Gasteiger partial charge in [0.15, 0.2) is 0 Å². The second kappa shape index (κ2) is 5.17. The van der Waals surface area contributed by atoms with Crippen LogP contribution in [0.4, 0.5) is 0 Å². The summed E-state index contributed by atoms with van der Waals surface area (Å²) in [5.41, 5.74) is 8.92. The molecular weight excluding hydrogens is 276 g/mol. The zero-order chi connectivity index (χ0) is 14.4. The molecule has 0 saturated carbocycles. The summed E-state index contributed by atoms with van der Waals surface area (Å²) in [6, 6.07) is 11.7. The number of hydrogen-bond acceptors (Lipinski definition) is 0. The molecular formula is C19H21Ti. The third-order valence-corrected chi connectivity index (χ3v) is 5.34. The molecule has 3 rings (SSSR count). The first kappa shape index (κ1) is 14.1. The van der Waals surface area contributed by atoms with Crippen LogP contribution in [0.25, 0.3) is 11.1 Å². The van der Waals surface area contributed by atoms with Gasteiger partial charge in [-0.15, -0.1) is 0 Å². The third-order valence-electron chi connectivity index (χ3n) is 4.42. The molecule has 0 fully saturated rings. The molecule has 0 N–H and O–H groups in total. The van der Waals surface area contributed by atoms with E-state index in [1.165, 1.54) is 31.7 Å². The molecule has 20 heavy (non-hydrogen) atoms. The van der Waals surface area contributed by atoms with Gasteiger partial charge in [0.1, 0.15) is 0 Å². The van der Waals surface area contributed by atoms with Gasteiger partial charge in [0, 0.05) is 0 Å². The zero-order valence-electron chi connectivity index (χ0n) is 12.7. The molecule has 0 aliphatic heterocycles. The second-order valence-corrected chi connectivity index (χ2v) is 7.24. The summed E-state index contributed by atoms with van der Waals surface area (Å²) in [5.74, 6) is 1.21. The average molecular weight is 297 g/mol. The van der Waals surface area contributed by atoms with Gasteiger partial charge < -0.3 is 0 Å². The molecule has 1 heteroatoms. The molecule has 0 bridgehead atoms. The van der Waals surface area contributed by atoms with E-state index >= 15 is 0 Å². The van der Waals surface area contributed by atoms with E-state index in [0.717, 1.165) is 6.42 Å². The Kier molecular flexibility index (Phi) is 3.64. The molecule has 2 aromatic carbocycles. The van der Waals surface area contributed by atoms with Crippen molar-refractivity contribution < 1.29 is 20.4 Å². The predicted octanol–water partition coefficient (Wildman–Crippen LogP) is 4.68. The van der Waals surface area contributed by atoms with Gasteiger partial charge in [-0.25, -0.2) is 0 Å². The fraction of sp³-hybridized carbons (Fsp3) is 0.368. The van der Waals surface area contributed by atoms with E-state index in [1.54, 1.807) is 5.56 Å². The van der Waals surface area contributed by atoms with Crippen LogP contribution in [0.3, 0.4) is 0 Å². The van der Waals surface area contributed by atoms with Crippen LogP contribution in [0, 0.1) is 0 Å². The molecule has 1 aliphatic carbocycles. The van der Waals surface area contributed by atoms with Gasteiger partial charge in [0.25, 0.3) is 0 Å². The van der Waals surface area contributed by atoms with Gasteiger partial charge in [0.05, 0.1) is 0 Å². The predicted molar refractivity (Wildman–Crippen MR) is 82.5 cm³/mol. The van der Waals surface area contributed by atoms with Gasteiger partial charge in [-0.2, -0.15) is 0 Å². The number of rotatable bonds is 2. The third kappa shape index (κ3) is 2.20. The average Bonchev–Trinajstić information content (AvgIpc) is 2.77. The van der Waals surface area contributed by atoms with Gasteiger partial charge >= 0.3 is 134 Å². The Morgan fingerprint density at radius 3 is 2.25 bits per heavy atom. The minimum absolute atomic E-state index is 0.607. The van der Waals surface area contributed by atoms with Crippen LogP contribution in [0.1, 0.15) is 61.8 Å². The van der Waals surface area contributed by atoms with E-state index in [0.29, 0.717) is 11.8 Å². The Labute approximate surface area is 134 Å². The fourth-order valence-electron chi connectivity index (χ4n) is 3.16. The molecule has 0 nitrogen and oxygen atoms in total. The fourth-order valence-corrected chi connectivity index (χ4v) is 4.08. The summed E-state index contributed by atoms with van der Waals surface area (Å²) < 4.78 is 1.50. The molecule has 0 spiro atoms. The van der Waals surface area contributed by atoms with Crippen LogP contribution in [-0.4, -0.2) is 0 Å². The Morgan fingerprint density at radius 1 is 0.900 bits per heavy atom. The maximum atomic E-state index is 2.41. The summed E-state index contributed by atoms with van der Waals surface area (Å²) >= 11 is 2.30. The van der Waals surface area contributed by atoms with Crippen molar-refractivity contribution in [3.63, 3.8) is 0 Å². The van der Waals surface area contributed by atoms with Crippen LogP contribution in [0.5, 0.6) is 0 Å². The molecule has 0 heterocycles. The summed E-state index contributed by atoms with van der Waals surface area (Å²) in [7, 11) is 0. The van der Waals surface area contributed by atoms with Crippen LogP contribution in [0.15, 0.2) is 30.3 Å². The normalized spacial score (nSPS) is 12.8. The second-order valence-electron chi connectivity index (χ2n) is 6.46. The molecule has 0 atom stereocenters. The SMILES string of the molecule is CC(C)c1ccc2c(c1)Cc1c-2ccc(C(C)C)[c]1[Ti]. The molecule has 0 saturated heterocycles. The van der Waals surface area contributed by atoms with Crippen LogP contribution >= 0.6 is 0 Å². The summed E-state index contributed by atoms with van der Waals surface area (Å²) in [5, 5.41) is 0. The van der Waals surface area contributed by atoms with Crippen LogP contribution < -0.4 is 3.87 Å². The summed E-state index contributed by atoms with van der Waals surface area (Å²) in [4.78, 5) is 0. The summed E-state index contributed by atoms with van der Waals surface area (Å²) in [6.45, 7) is 9.11. The van der Waals surface area contributed by atoms with Crippen molar-refractivity contribution >= 4 is 3.87 Å². The van der Waals surface area contributed by atoms with Crippen molar-refractivity contribution in [1.29, 1.82) is 0 Å². The topological polar surface area (TPSA) is 0 Å². The molecule has 2 aromatic rings.